The van der Waals surface area contributed by atoms with Gasteiger partial charge in [-0.15, -0.1) is 0 Å². The molecule has 0 spiro atoms. The van der Waals surface area contributed by atoms with E-state index in [0.29, 0.717) is 0 Å². The molecule has 0 bridgehead atoms. The van der Waals surface area contributed by atoms with Crippen molar-refractivity contribution in [2.75, 3.05) is 6.61 Å². The zero-order valence-corrected chi connectivity index (χ0v) is 9.73. The van der Waals surface area contributed by atoms with Gasteiger partial charge in [-0.2, -0.15) is 0 Å². The van der Waals surface area contributed by atoms with Crippen molar-refractivity contribution in [2.45, 2.75) is 24.8 Å². The van der Waals surface area contributed by atoms with Crippen molar-refractivity contribution < 1.29 is 9.90 Å². The molecule has 0 fully saturated rings. The number of carbonyl (C=O) groups excluding carboxylic acids is 1. The van der Waals surface area contributed by atoms with Gasteiger partial charge in [0.15, 0.2) is 0 Å². The molecule has 1 aromatic rings. The smallest absolute Gasteiger partial charge is 0.243 e. The van der Waals surface area contributed by atoms with Crippen molar-refractivity contribution in [3.8, 4) is 0 Å². The molecule has 17 heavy (non-hydrogen) atoms. The number of nitrogens with one attached hydrogen (secondary N) is 1. The molecule has 0 aliphatic heterocycles. The van der Waals surface area contributed by atoms with Gasteiger partial charge in [0.1, 0.15) is 0 Å². The molecule has 1 amide bonds. The Morgan fingerprint density at radius 3 is 3.06 bits per heavy atom. The summed E-state index contributed by atoms with van der Waals surface area (Å²) in [6, 6.07) is 8.00. The number of benzene rings is 1. The Balaban J connectivity index is 2.17. The predicted octanol–water partition coefficient (Wildman–Crippen LogP) is 1.38. The molecule has 0 saturated carbocycles. The van der Waals surface area contributed by atoms with E-state index in [1.165, 1.54) is 17.2 Å². The summed E-state index contributed by atoms with van der Waals surface area (Å²) in [5.41, 5.74) is 2.57. The number of rotatable bonds is 4. The first kappa shape index (κ1) is 11.9. The van der Waals surface area contributed by atoms with Crippen LogP contribution in [0.4, 0.5) is 0 Å². The van der Waals surface area contributed by atoms with E-state index in [2.05, 4.69) is 24.0 Å². The Kier molecular flexibility index (Phi) is 3.59. The molecule has 3 nitrogen and oxygen atoms in total. The van der Waals surface area contributed by atoms with E-state index in [1.54, 1.807) is 0 Å². The molecule has 2 unspecified atom stereocenters. The second kappa shape index (κ2) is 5.15. The monoisotopic (exact) mass is 231 g/mol. The SMILES string of the molecule is C=CC(=O)NC(CO)C1CCc2ccccc21. The molecular weight excluding hydrogens is 214 g/mol. The Labute approximate surface area is 101 Å². The Morgan fingerprint density at radius 2 is 2.35 bits per heavy atom. The number of aliphatic hydroxyl groups is 1. The first-order valence-electron chi connectivity index (χ1n) is 5.88. The fourth-order valence-corrected chi connectivity index (χ4v) is 2.52. The van der Waals surface area contributed by atoms with Gasteiger partial charge < -0.3 is 10.4 Å². The minimum Gasteiger partial charge on any atom is -0.394 e. The van der Waals surface area contributed by atoms with Crippen molar-refractivity contribution in [1.82, 2.24) is 5.32 Å². The van der Waals surface area contributed by atoms with E-state index in [4.69, 9.17) is 0 Å². The van der Waals surface area contributed by atoms with Crippen LogP contribution in [-0.4, -0.2) is 23.7 Å². The lowest BCUT2D eigenvalue weighted by molar-refractivity contribution is -0.117. The second-order valence-corrected chi connectivity index (χ2v) is 4.35. The van der Waals surface area contributed by atoms with Gasteiger partial charge in [0.25, 0.3) is 0 Å². The molecule has 2 rings (SSSR count). The number of hydrogen-bond acceptors (Lipinski definition) is 2. The van der Waals surface area contributed by atoms with E-state index >= 15 is 0 Å². The zero-order valence-electron chi connectivity index (χ0n) is 9.73. The molecule has 1 aliphatic carbocycles. The lowest BCUT2D eigenvalue weighted by Crippen LogP contribution is -2.40. The predicted molar refractivity (Wildman–Crippen MR) is 66.7 cm³/mol. The molecule has 1 aromatic carbocycles. The van der Waals surface area contributed by atoms with Crippen LogP contribution in [-0.2, 0) is 11.2 Å². The number of aliphatic hydroxyl groups excluding tert-OH is 1. The van der Waals surface area contributed by atoms with Gasteiger partial charge in [0.05, 0.1) is 12.6 Å². The molecule has 0 saturated heterocycles. The van der Waals surface area contributed by atoms with Gasteiger partial charge in [-0.25, -0.2) is 0 Å². The summed E-state index contributed by atoms with van der Waals surface area (Å²) in [5, 5.41) is 12.2. The van der Waals surface area contributed by atoms with Crippen LogP contribution in [0.2, 0.25) is 0 Å². The van der Waals surface area contributed by atoms with Crippen molar-refractivity contribution in [2.24, 2.45) is 0 Å². The number of hydrogen-bond donors (Lipinski definition) is 2. The van der Waals surface area contributed by atoms with Crippen LogP contribution in [0.25, 0.3) is 0 Å². The molecule has 1 aliphatic rings. The van der Waals surface area contributed by atoms with Crippen LogP contribution in [0.3, 0.4) is 0 Å². The van der Waals surface area contributed by atoms with Crippen molar-refractivity contribution in [1.29, 1.82) is 0 Å². The lowest BCUT2D eigenvalue weighted by atomic mass is 9.93. The van der Waals surface area contributed by atoms with Gasteiger partial charge in [-0.05, 0) is 30.0 Å². The minimum atomic E-state index is -0.228. The Morgan fingerprint density at radius 1 is 1.59 bits per heavy atom. The zero-order chi connectivity index (χ0) is 12.3. The highest BCUT2D eigenvalue weighted by Gasteiger charge is 2.29. The van der Waals surface area contributed by atoms with Crippen molar-refractivity contribution in [3.63, 3.8) is 0 Å². The maximum Gasteiger partial charge on any atom is 0.243 e. The average molecular weight is 231 g/mol. The fraction of sp³-hybridized carbons (Fsp3) is 0.357. The standard InChI is InChI=1S/C14H17NO2/c1-2-14(17)15-13(9-16)12-8-7-10-5-3-4-6-11(10)12/h2-6,12-13,16H,1,7-9H2,(H,15,17). The third-order valence-corrected chi connectivity index (χ3v) is 3.37. The fourth-order valence-electron chi connectivity index (χ4n) is 2.52. The normalized spacial score (nSPS) is 19.5. The van der Waals surface area contributed by atoms with Gasteiger partial charge in [0, 0.05) is 5.92 Å². The van der Waals surface area contributed by atoms with Crippen LogP contribution in [0.5, 0.6) is 0 Å². The van der Waals surface area contributed by atoms with E-state index in [0.717, 1.165) is 12.8 Å². The van der Waals surface area contributed by atoms with E-state index in [1.807, 2.05) is 12.1 Å². The Bertz CT molecular complexity index is 428. The summed E-state index contributed by atoms with van der Waals surface area (Å²) < 4.78 is 0. The Hall–Kier alpha value is -1.61. The number of amides is 1. The van der Waals surface area contributed by atoms with Gasteiger partial charge in [-0.1, -0.05) is 30.8 Å². The van der Waals surface area contributed by atoms with Crippen LogP contribution in [0.1, 0.15) is 23.5 Å². The van der Waals surface area contributed by atoms with Crippen LogP contribution >= 0.6 is 0 Å². The summed E-state index contributed by atoms with van der Waals surface area (Å²) in [4.78, 5) is 11.3. The van der Waals surface area contributed by atoms with Crippen LogP contribution < -0.4 is 5.32 Å². The first-order valence-corrected chi connectivity index (χ1v) is 5.88. The maximum atomic E-state index is 11.3. The van der Waals surface area contributed by atoms with Gasteiger partial charge in [0.2, 0.25) is 5.91 Å². The maximum absolute atomic E-state index is 11.3. The molecular formula is C14H17NO2. The second-order valence-electron chi connectivity index (χ2n) is 4.35. The highest BCUT2D eigenvalue weighted by Crippen LogP contribution is 2.35. The number of fused-ring (bicyclic) bond motifs is 1. The summed E-state index contributed by atoms with van der Waals surface area (Å²) in [6.45, 7) is 3.38. The molecule has 0 aromatic heterocycles. The van der Waals surface area contributed by atoms with Crippen LogP contribution in [0.15, 0.2) is 36.9 Å². The summed E-state index contributed by atoms with van der Waals surface area (Å²) in [6.07, 6.45) is 3.23. The highest BCUT2D eigenvalue weighted by atomic mass is 16.3. The van der Waals surface area contributed by atoms with E-state index in [9.17, 15) is 9.90 Å². The first-order chi connectivity index (χ1) is 8.26. The lowest BCUT2D eigenvalue weighted by Gasteiger charge is -2.23. The van der Waals surface area contributed by atoms with Gasteiger partial charge >= 0.3 is 0 Å². The molecule has 90 valence electrons. The highest BCUT2D eigenvalue weighted by molar-refractivity contribution is 5.87. The molecule has 3 heteroatoms. The molecule has 2 atom stereocenters. The van der Waals surface area contributed by atoms with Crippen molar-refractivity contribution >= 4 is 5.91 Å². The van der Waals surface area contributed by atoms with E-state index < -0.39 is 0 Å². The molecule has 2 N–H and O–H groups in total. The quantitative estimate of drug-likeness (QED) is 0.769. The van der Waals surface area contributed by atoms with Crippen LogP contribution in [0, 0.1) is 0 Å². The summed E-state index contributed by atoms with van der Waals surface area (Å²) in [7, 11) is 0. The minimum absolute atomic E-state index is 0.0431. The third kappa shape index (κ3) is 2.39. The molecule has 0 heterocycles. The average Bonchev–Trinajstić information content (AvgIpc) is 2.79. The van der Waals surface area contributed by atoms with Gasteiger partial charge in [-0.3, -0.25) is 4.79 Å². The summed E-state index contributed by atoms with van der Waals surface area (Å²) >= 11 is 0. The number of carbonyl (C=O) groups is 1. The van der Waals surface area contributed by atoms with Crippen molar-refractivity contribution in [3.05, 3.63) is 48.0 Å². The largest absolute Gasteiger partial charge is 0.394 e. The van der Waals surface area contributed by atoms with E-state index in [-0.39, 0.29) is 24.5 Å². The number of aryl methyl sites for hydroxylation is 1. The molecule has 0 radical (unpaired) electrons. The topological polar surface area (TPSA) is 49.3 Å². The summed E-state index contributed by atoms with van der Waals surface area (Å²) in [5.74, 6) is -0.0199. The third-order valence-electron chi connectivity index (χ3n) is 3.37.